The lowest BCUT2D eigenvalue weighted by Gasteiger charge is -2.16. The van der Waals surface area contributed by atoms with Gasteiger partial charge in [0.2, 0.25) is 0 Å². The standard InChI is InChI=1S/C22H21ClN2O4/c1-3-4-13-29-22(28)15-9-11-16(12-10-15)25-20(26)18(23)19(21(25)27)24-17-8-6-5-7-14(17)2/h5-12,24H,3-4,13H2,1-2H3. The zero-order chi connectivity index (χ0) is 21.0. The summed E-state index contributed by atoms with van der Waals surface area (Å²) in [5.41, 5.74) is 2.29. The summed E-state index contributed by atoms with van der Waals surface area (Å²) in [4.78, 5) is 38.4. The first kappa shape index (κ1) is 20.6. The van der Waals surface area contributed by atoms with Crippen molar-refractivity contribution in [2.24, 2.45) is 0 Å². The van der Waals surface area contributed by atoms with Crippen molar-refractivity contribution in [3.8, 4) is 0 Å². The van der Waals surface area contributed by atoms with E-state index in [0.717, 1.165) is 23.3 Å². The number of benzene rings is 2. The summed E-state index contributed by atoms with van der Waals surface area (Å²) in [7, 11) is 0. The number of rotatable bonds is 7. The molecule has 2 aromatic carbocycles. The second-order valence-corrected chi connectivity index (χ2v) is 6.99. The molecule has 0 aliphatic carbocycles. The van der Waals surface area contributed by atoms with Gasteiger partial charge in [0.1, 0.15) is 10.7 Å². The van der Waals surface area contributed by atoms with E-state index in [1.807, 2.05) is 32.0 Å². The molecule has 0 saturated heterocycles. The first-order valence-corrected chi connectivity index (χ1v) is 9.70. The minimum atomic E-state index is -0.619. The Labute approximate surface area is 174 Å². The smallest absolute Gasteiger partial charge is 0.338 e. The van der Waals surface area contributed by atoms with Crippen molar-refractivity contribution in [1.82, 2.24) is 0 Å². The fourth-order valence-electron chi connectivity index (χ4n) is 2.83. The SMILES string of the molecule is CCCCOC(=O)c1ccc(N2C(=O)C(Cl)=C(Nc3ccccc3C)C2=O)cc1. The number of hydrogen-bond acceptors (Lipinski definition) is 5. The highest BCUT2D eigenvalue weighted by atomic mass is 35.5. The molecule has 1 heterocycles. The molecule has 150 valence electrons. The van der Waals surface area contributed by atoms with E-state index in [1.165, 1.54) is 24.3 Å². The quantitative estimate of drug-likeness (QED) is 0.414. The predicted molar refractivity (Wildman–Crippen MR) is 112 cm³/mol. The number of para-hydroxylation sites is 1. The van der Waals surface area contributed by atoms with E-state index in [2.05, 4.69) is 5.32 Å². The highest BCUT2D eigenvalue weighted by Crippen LogP contribution is 2.31. The normalized spacial score (nSPS) is 13.8. The summed E-state index contributed by atoms with van der Waals surface area (Å²) in [5, 5.41) is 2.78. The number of anilines is 2. The molecule has 29 heavy (non-hydrogen) atoms. The predicted octanol–water partition coefficient (Wildman–Crippen LogP) is 4.39. The summed E-state index contributed by atoms with van der Waals surface area (Å²) < 4.78 is 5.16. The van der Waals surface area contributed by atoms with Crippen LogP contribution in [0, 0.1) is 6.92 Å². The van der Waals surface area contributed by atoms with Gasteiger partial charge in [0.25, 0.3) is 11.8 Å². The second-order valence-electron chi connectivity index (χ2n) is 6.61. The molecular weight excluding hydrogens is 392 g/mol. The van der Waals surface area contributed by atoms with Gasteiger partial charge >= 0.3 is 5.97 Å². The van der Waals surface area contributed by atoms with Gasteiger partial charge in [-0.2, -0.15) is 0 Å². The lowest BCUT2D eigenvalue weighted by Crippen LogP contribution is -2.32. The Kier molecular flexibility index (Phi) is 6.34. The number of unbranched alkanes of at least 4 members (excludes halogenated alkanes) is 1. The maximum Gasteiger partial charge on any atom is 0.338 e. The highest BCUT2D eigenvalue weighted by molar-refractivity contribution is 6.53. The van der Waals surface area contributed by atoms with Crippen molar-refractivity contribution < 1.29 is 19.1 Å². The number of nitrogens with one attached hydrogen (secondary N) is 1. The molecule has 0 bridgehead atoms. The second kappa shape index (κ2) is 8.92. The largest absolute Gasteiger partial charge is 0.462 e. The van der Waals surface area contributed by atoms with E-state index in [9.17, 15) is 14.4 Å². The third-order valence-corrected chi connectivity index (χ3v) is 4.87. The average Bonchev–Trinajstić information content (AvgIpc) is 2.93. The third-order valence-electron chi connectivity index (χ3n) is 4.52. The van der Waals surface area contributed by atoms with E-state index in [4.69, 9.17) is 16.3 Å². The minimum absolute atomic E-state index is 0.0222. The summed E-state index contributed by atoms with van der Waals surface area (Å²) in [5.74, 6) is -1.62. The van der Waals surface area contributed by atoms with Crippen LogP contribution in [-0.4, -0.2) is 24.4 Å². The minimum Gasteiger partial charge on any atom is -0.462 e. The molecule has 1 aliphatic heterocycles. The summed E-state index contributed by atoms with van der Waals surface area (Å²) in [6.45, 7) is 4.25. The molecule has 6 nitrogen and oxygen atoms in total. The summed E-state index contributed by atoms with van der Waals surface area (Å²) in [6.07, 6.45) is 1.72. The van der Waals surface area contributed by atoms with Gasteiger partial charge in [0.05, 0.1) is 17.9 Å². The fraction of sp³-hybridized carbons (Fsp3) is 0.227. The number of esters is 1. The van der Waals surface area contributed by atoms with Crippen LogP contribution in [0.5, 0.6) is 0 Å². The summed E-state index contributed by atoms with van der Waals surface area (Å²) >= 11 is 6.15. The van der Waals surface area contributed by atoms with Crippen molar-refractivity contribution >= 4 is 40.8 Å². The number of carbonyl (C=O) groups excluding carboxylic acids is 3. The number of halogens is 1. The van der Waals surface area contributed by atoms with Gasteiger partial charge in [-0.05, 0) is 49.2 Å². The molecule has 3 rings (SSSR count). The Hall–Kier alpha value is -3.12. The molecule has 0 saturated carbocycles. The van der Waals surface area contributed by atoms with E-state index in [0.29, 0.717) is 23.5 Å². The van der Waals surface area contributed by atoms with Crippen LogP contribution in [0.3, 0.4) is 0 Å². The zero-order valence-electron chi connectivity index (χ0n) is 16.2. The van der Waals surface area contributed by atoms with Gasteiger partial charge in [-0.25, -0.2) is 9.69 Å². The first-order chi connectivity index (χ1) is 13.9. The summed E-state index contributed by atoms with van der Waals surface area (Å²) in [6, 6.07) is 13.5. The molecule has 0 aromatic heterocycles. The Morgan fingerprint density at radius 2 is 1.76 bits per heavy atom. The molecule has 0 radical (unpaired) electrons. The van der Waals surface area contributed by atoms with Gasteiger partial charge in [-0.3, -0.25) is 9.59 Å². The lowest BCUT2D eigenvalue weighted by molar-refractivity contribution is -0.120. The maximum atomic E-state index is 12.8. The van der Waals surface area contributed by atoms with Crippen LogP contribution in [0.4, 0.5) is 11.4 Å². The highest BCUT2D eigenvalue weighted by Gasteiger charge is 2.39. The van der Waals surface area contributed by atoms with Gasteiger partial charge in [-0.1, -0.05) is 43.1 Å². The number of aryl methyl sites for hydroxylation is 1. The van der Waals surface area contributed by atoms with E-state index in [1.54, 1.807) is 6.07 Å². The van der Waals surface area contributed by atoms with Crippen molar-refractivity contribution in [3.63, 3.8) is 0 Å². The van der Waals surface area contributed by atoms with Crippen molar-refractivity contribution in [3.05, 3.63) is 70.4 Å². The number of imide groups is 1. The molecule has 1 N–H and O–H groups in total. The Bertz CT molecular complexity index is 983. The monoisotopic (exact) mass is 412 g/mol. The van der Waals surface area contributed by atoms with Gasteiger partial charge in [-0.15, -0.1) is 0 Å². The number of carbonyl (C=O) groups is 3. The van der Waals surface area contributed by atoms with Crippen LogP contribution in [0.2, 0.25) is 0 Å². The van der Waals surface area contributed by atoms with Gasteiger partial charge in [0, 0.05) is 5.69 Å². The van der Waals surface area contributed by atoms with E-state index >= 15 is 0 Å². The first-order valence-electron chi connectivity index (χ1n) is 9.32. The Morgan fingerprint density at radius 1 is 1.07 bits per heavy atom. The lowest BCUT2D eigenvalue weighted by atomic mass is 10.2. The molecular formula is C22H21ClN2O4. The van der Waals surface area contributed by atoms with Crippen LogP contribution in [-0.2, 0) is 14.3 Å². The molecule has 2 amide bonds. The van der Waals surface area contributed by atoms with Crippen LogP contribution in [0.1, 0.15) is 35.7 Å². The Balaban J connectivity index is 1.77. The topological polar surface area (TPSA) is 75.7 Å². The molecule has 0 atom stereocenters. The number of hydrogen-bond donors (Lipinski definition) is 1. The van der Waals surface area contributed by atoms with E-state index < -0.39 is 17.8 Å². The van der Waals surface area contributed by atoms with Gasteiger partial charge in [0.15, 0.2) is 0 Å². The molecule has 7 heteroatoms. The van der Waals surface area contributed by atoms with Crippen molar-refractivity contribution in [2.75, 3.05) is 16.8 Å². The van der Waals surface area contributed by atoms with Gasteiger partial charge < -0.3 is 10.1 Å². The number of ether oxygens (including phenoxy) is 1. The molecule has 2 aromatic rings. The number of nitrogens with zero attached hydrogens (tertiary/aromatic N) is 1. The molecule has 0 unspecified atom stereocenters. The van der Waals surface area contributed by atoms with Crippen LogP contribution < -0.4 is 10.2 Å². The van der Waals surface area contributed by atoms with Crippen LogP contribution in [0.25, 0.3) is 0 Å². The number of amides is 2. The molecule has 0 fully saturated rings. The third kappa shape index (κ3) is 4.32. The van der Waals surface area contributed by atoms with E-state index in [-0.39, 0.29) is 10.7 Å². The fourth-order valence-corrected chi connectivity index (χ4v) is 3.05. The Morgan fingerprint density at radius 3 is 2.41 bits per heavy atom. The zero-order valence-corrected chi connectivity index (χ0v) is 17.0. The molecule has 1 aliphatic rings. The van der Waals surface area contributed by atoms with Crippen molar-refractivity contribution in [1.29, 1.82) is 0 Å². The average molecular weight is 413 g/mol. The molecule has 0 spiro atoms. The van der Waals surface area contributed by atoms with Crippen molar-refractivity contribution in [2.45, 2.75) is 26.7 Å². The van der Waals surface area contributed by atoms with Crippen LogP contribution >= 0.6 is 11.6 Å². The maximum absolute atomic E-state index is 12.8. The van der Waals surface area contributed by atoms with Crippen LogP contribution in [0.15, 0.2) is 59.3 Å².